The SMILES string of the molecule is O=C(NCCCCCN1CCCCC1)N1CCC(CO)C1. The monoisotopic (exact) mass is 297 g/mol. The van der Waals surface area contributed by atoms with E-state index in [9.17, 15) is 4.79 Å². The zero-order chi connectivity index (χ0) is 14.9. The average Bonchev–Trinajstić information content (AvgIpc) is 3.00. The predicted molar refractivity (Wildman–Crippen MR) is 84.3 cm³/mol. The van der Waals surface area contributed by atoms with Crippen molar-refractivity contribution < 1.29 is 9.90 Å². The highest BCUT2D eigenvalue weighted by atomic mass is 16.3. The molecule has 0 radical (unpaired) electrons. The maximum Gasteiger partial charge on any atom is 0.317 e. The van der Waals surface area contributed by atoms with E-state index in [1.54, 1.807) is 0 Å². The number of aliphatic hydroxyl groups excluding tert-OH is 1. The lowest BCUT2D eigenvalue weighted by atomic mass is 10.1. The summed E-state index contributed by atoms with van der Waals surface area (Å²) in [7, 11) is 0. The molecule has 2 rings (SSSR count). The molecule has 0 aromatic heterocycles. The number of urea groups is 1. The van der Waals surface area contributed by atoms with Gasteiger partial charge < -0.3 is 20.2 Å². The Labute approximate surface area is 128 Å². The molecular weight excluding hydrogens is 266 g/mol. The molecule has 0 spiro atoms. The largest absolute Gasteiger partial charge is 0.396 e. The Bertz CT molecular complexity index is 306. The van der Waals surface area contributed by atoms with Crippen LogP contribution in [0.15, 0.2) is 0 Å². The van der Waals surface area contributed by atoms with Crippen LogP contribution in [0.3, 0.4) is 0 Å². The molecule has 2 N–H and O–H groups in total. The van der Waals surface area contributed by atoms with Crippen LogP contribution in [0.1, 0.15) is 44.9 Å². The lowest BCUT2D eigenvalue weighted by Gasteiger charge is -2.26. The smallest absolute Gasteiger partial charge is 0.317 e. The van der Waals surface area contributed by atoms with E-state index in [0.717, 1.165) is 25.9 Å². The van der Waals surface area contributed by atoms with Gasteiger partial charge in [0.25, 0.3) is 0 Å². The van der Waals surface area contributed by atoms with Crippen molar-refractivity contribution >= 4 is 6.03 Å². The number of carbonyl (C=O) groups is 1. The Kier molecular flexibility index (Phi) is 7.30. The number of nitrogens with one attached hydrogen (secondary N) is 1. The summed E-state index contributed by atoms with van der Waals surface area (Å²) in [6.45, 7) is 6.23. The molecule has 2 amide bonds. The molecule has 2 fully saturated rings. The van der Waals surface area contributed by atoms with Crippen LogP contribution >= 0.6 is 0 Å². The van der Waals surface area contributed by atoms with E-state index in [0.29, 0.717) is 6.54 Å². The molecular formula is C16H31N3O2. The van der Waals surface area contributed by atoms with E-state index < -0.39 is 0 Å². The Morgan fingerprint density at radius 1 is 1.10 bits per heavy atom. The van der Waals surface area contributed by atoms with Gasteiger partial charge in [0.2, 0.25) is 0 Å². The Balaban J connectivity index is 1.45. The van der Waals surface area contributed by atoms with Gasteiger partial charge in [0.1, 0.15) is 0 Å². The van der Waals surface area contributed by atoms with E-state index in [1.807, 2.05) is 4.90 Å². The zero-order valence-corrected chi connectivity index (χ0v) is 13.2. The number of hydrogen-bond donors (Lipinski definition) is 2. The van der Waals surface area contributed by atoms with Crippen molar-refractivity contribution in [2.24, 2.45) is 5.92 Å². The lowest BCUT2D eigenvalue weighted by Crippen LogP contribution is -2.39. The third kappa shape index (κ3) is 5.83. The molecule has 1 atom stereocenters. The van der Waals surface area contributed by atoms with Gasteiger partial charge in [0.15, 0.2) is 0 Å². The Morgan fingerprint density at radius 2 is 1.90 bits per heavy atom. The summed E-state index contributed by atoms with van der Waals surface area (Å²) in [4.78, 5) is 16.3. The van der Waals surface area contributed by atoms with Crippen LogP contribution < -0.4 is 5.32 Å². The van der Waals surface area contributed by atoms with Crippen LogP contribution in [0.2, 0.25) is 0 Å². The van der Waals surface area contributed by atoms with Crippen molar-refractivity contribution in [1.29, 1.82) is 0 Å². The molecule has 2 saturated heterocycles. The molecule has 5 heteroatoms. The van der Waals surface area contributed by atoms with Gasteiger partial charge in [-0.2, -0.15) is 0 Å². The highest BCUT2D eigenvalue weighted by Crippen LogP contribution is 2.15. The molecule has 0 saturated carbocycles. The molecule has 2 heterocycles. The third-order valence-corrected chi connectivity index (χ3v) is 4.71. The minimum absolute atomic E-state index is 0.0435. The Morgan fingerprint density at radius 3 is 2.62 bits per heavy atom. The molecule has 0 aliphatic carbocycles. The zero-order valence-electron chi connectivity index (χ0n) is 13.2. The number of nitrogens with zero attached hydrogens (tertiary/aromatic N) is 2. The van der Waals surface area contributed by atoms with E-state index in [4.69, 9.17) is 5.11 Å². The number of amides is 2. The summed E-state index contributed by atoms with van der Waals surface area (Å²) in [5.41, 5.74) is 0. The number of piperidine rings is 1. The summed E-state index contributed by atoms with van der Waals surface area (Å²) >= 11 is 0. The number of rotatable bonds is 7. The second-order valence-electron chi connectivity index (χ2n) is 6.48. The summed E-state index contributed by atoms with van der Waals surface area (Å²) in [5, 5.41) is 12.1. The van der Waals surface area contributed by atoms with Gasteiger partial charge in [0.05, 0.1) is 0 Å². The fraction of sp³-hybridized carbons (Fsp3) is 0.938. The van der Waals surface area contributed by atoms with E-state index in [-0.39, 0.29) is 18.6 Å². The number of unbranched alkanes of at least 4 members (excludes halogenated alkanes) is 2. The molecule has 5 nitrogen and oxygen atoms in total. The van der Waals surface area contributed by atoms with Crippen LogP contribution in [-0.2, 0) is 0 Å². The van der Waals surface area contributed by atoms with Crippen molar-refractivity contribution in [1.82, 2.24) is 15.1 Å². The molecule has 1 unspecified atom stereocenters. The van der Waals surface area contributed by atoms with Crippen molar-refractivity contribution in [2.45, 2.75) is 44.9 Å². The van der Waals surface area contributed by atoms with Gasteiger partial charge in [-0.1, -0.05) is 12.8 Å². The predicted octanol–water partition coefficient (Wildman–Crippen LogP) is 1.67. The first-order valence-corrected chi connectivity index (χ1v) is 8.65. The van der Waals surface area contributed by atoms with Gasteiger partial charge in [-0.05, 0) is 51.7 Å². The number of aliphatic hydroxyl groups is 1. The minimum Gasteiger partial charge on any atom is -0.396 e. The van der Waals surface area contributed by atoms with Gasteiger partial charge in [-0.15, -0.1) is 0 Å². The van der Waals surface area contributed by atoms with Crippen molar-refractivity contribution in [3.63, 3.8) is 0 Å². The van der Waals surface area contributed by atoms with Gasteiger partial charge in [-0.25, -0.2) is 4.79 Å². The lowest BCUT2D eigenvalue weighted by molar-refractivity contribution is 0.198. The summed E-state index contributed by atoms with van der Waals surface area (Å²) in [6, 6.07) is 0.0435. The van der Waals surface area contributed by atoms with Crippen LogP contribution in [0.25, 0.3) is 0 Å². The molecule has 21 heavy (non-hydrogen) atoms. The fourth-order valence-corrected chi connectivity index (χ4v) is 3.29. The fourth-order valence-electron chi connectivity index (χ4n) is 3.29. The number of likely N-dealkylation sites (tertiary alicyclic amines) is 2. The summed E-state index contributed by atoms with van der Waals surface area (Å²) in [5.74, 6) is 0.278. The molecule has 0 aromatic rings. The second kappa shape index (κ2) is 9.26. The van der Waals surface area contributed by atoms with Crippen LogP contribution in [-0.4, -0.2) is 66.8 Å². The van der Waals surface area contributed by atoms with Crippen molar-refractivity contribution in [3.8, 4) is 0 Å². The number of hydrogen-bond acceptors (Lipinski definition) is 3. The first kappa shape index (κ1) is 16.6. The molecule has 2 aliphatic rings. The Hall–Kier alpha value is -0.810. The van der Waals surface area contributed by atoms with Crippen LogP contribution in [0.4, 0.5) is 4.79 Å². The molecule has 2 aliphatic heterocycles. The first-order valence-electron chi connectivity index (χ1n) is 8.65. The standard InChI is InChI=1S/C16H31N3O2/c20-14-15-7-12-19(13-15)16(21)17-8-3-1-4-9-18-10-5-2-6-11-18/h15,20H,1-14H2,(H,17,21). The van der Waals surface area contributed by atoms with Crippen LogP contribution in [0.5, 0.6) is 0 Å². The van der Waals surface area contributed by atoms with E-state index in [1.165, 1.54) is 51.7 Å². The van der Waals surface area contributed by atoms with E-state index >= 15 is 0 Å². The maximum atomic E-state index is 11.9. The summed E-state index contributed by atoms with van der Waals surface area (Å²) < 4.78 is 0. The van der Waals surface area contributed by atoms with Gasteiger partial charge in [-0.3, -0.25) is 0 Å². The number of carbonyl (C=O) groups excluding carboxylic acids is 1. The third-order valence-electron chi connectivity index (χ3n) is 4.71. The highest BCUT2D eigenvalue weighted by molar-refractivity contribution is 5.74. The molecule has 0 bridgehead atoms. The summed E-state index contributed by atoms with van der Waals surface area (Å²) in [6.07, 6.45) is 8.55. The normalized spacial score (nSPS) is 23.5. The van der Waals surface area contributed by atoms with Gasteiger partial charge >= 0.3 is 6.03 Å². The topological polar surface area (TPSA) is 55.8 Å². The van der Waals surface area contributed by atoms with E-state index in [2.05, 4.69) is 10.2 Å². The van der Waals surface area contributed by atoms with Crippen molar-refractivity contribution in [2.75, 3.05) is 45.9 Å². The first-order chi connectivity index (χ1) is 10.3. The average molecular weight is 297 g/mol. The second-order valence-corrected chi connectivity index (χ2v) is 6.48. The van der Waals surface area contributed by atoms with Crippen molar-refractivity contribution in [3.05, 3.63) is 0 Å². The van der Waals surface area contributed by atoms with Crippen LogP contribution in [0, 0.1) is 5.92 Å². The molecule has 0 aromatic carbocycles. The maximum absolute atomic E-state index is 11.9. The minimum atomic E-state index is 0.0435. The highest BCUT2D eigenvalue weighted by Gasteiger charge is 2.25. The molecule has 122 valence electrons. The van der Waals surface area contributed by atoms with Gasteiger partial charge in [0, 0.05) is 32.2 Å². The quantitative estimate of drug-likeness (QED) is 0.703.